The Kier molecular flexibility index (Phi) is 5.89. The van der Waals surface area contributed by atoms with Crippen molar-refractivity contribution in [1.29, 1.82) is 0 Å². The average Bonchev–Trinajstić information content (AvgIpc) is 3.46. The highest BCUT2D eigenvalue weighted by atomic mass is 35.5. The minimum atomic E-state index is -0.343. The molecule has 1 spiro atoms. The molecule has 0 bridgehead atoms. The molecule has 7 heteroatoms. The van der Waals surface area contributed by atoms with Gasteiger partial charge in [-0.3, -0.25) is 4.79 Å². The van der Waals surface area contributed by atoms with Crippen LogP contribution in [-0.4, -0.2) is 51.8 Å². The molecule has 0 aliphatic carbocycles. The fourth-order valence-corrected chi connectivity index (χ4v) is 4.88. The van der Waals surface area contributed by atoms with Crippen molar-refractivity contribution in [2.45, 2.75) is 37.5 Å². The number of carbonyl (C=O) groups is 1. The number of piperidine rings is 1. The first-order valence-electron chi connectivity index (χ1n) is 11.0. The van der Waals surface area contributed by atoms with Gasteiger partial charge in [-0.25, -0.2) is 4.98 Å². The Balaban J connectivity index is 1.27. The van der Waals surface area contributed by atoms with Crippen molar-refractivity contribution in [3.63, 3.8) is 0 Å². The maximum absolute atomic E-state index is 13.5. The van der Waals surface area contributed by atoms with Crippen LogP contribution in [0.5, 0.6) is 5.75 Å². The molecule has 2 aliphatic rings. The summed E-state index contributed by atoms with van der Waals surface area (Å²) in [7, 11) is 0. The Morgan fingerprint density at radius 2 is 2.06 bits per heavy atom. The van der Waals surface area contributed by atoms with E-state index in [0.29, 0.717) is 24.7 Å². The lowest BCUT2D eigenvalue weighted by atomic mass is 9.88. The Bertz CT molecular complexity index is 1070. The van der Waals surface area contributed by atoms with E-state index < -0.39 is 0 Å². The lowest BCUT2D eigenvalue weighted by Gasteiger charge is -2.39. The highest BCUT2D eigenvalue weighted by molar-refractivity contribution is 6.30. The van der Waals surface area contributed by atoms with Gasteiger partial charge < -0.3 is 18.9 Å². The van der Waals surface area contributed by atoms with E-state index in [2.05, 4.69) is 4.98 Å². The number of halogens is 1. The fraction of sp³-hybridized carbons (Fsp3) is 0.360. The van der Waals surface area contributed by atoms with Crippen molar-refractivity contribution < 1.29 is 14.3 Å². The van der Waals surface area contributed by atoms with Gasteiger partial charge in [-0.2, -0.15) is 0 Å². The normalized spacial score (nSPS) is 22.9. The first kappa shape index (κ1) is 21.0. The Labute approximate surface area is 192 Å². The summed E-state index contributed by atoms with van der Waals surface area (Å²) in [6, 6.07) is 15.2. The Morgan fingerprint density at radius 1 is 1.22 bits per heavy atom. The Morgan fingerprint density at radius 3 is 2.88 bits per heavy atom. The molecule has 2 aromatic carbocycles. The molecule has 3 heterocycles. The maximum Gasteiger partial charge on any atom is 0.254 e. The number of hydrogen-bond acceptors (Lipinski definition) is 4. The molecule has 5 rings (SSSR count). The van der Waals surface area contributed by atoms with E-state index in [-0.39, 0.29) is 17.6 Å². The van der Waals surface area contributed by atoms with Gasteiger partial charge in [0.1, 0.15) is 11.9 Å². The highest BCUT2D eigenvalue weighted by Gasteiger charge is 2.45. The minimum Gasteiger partial charge on any atom is -0.488 e. The monoisotopic (exact) mass is 451 g/mol. The summed E-state index contributed by atoms with van der Waals surface area (Å²) >= 11 is 5.97. The third kappa shape index (κ3) is 4.52. The molecule has 1 amide bonds. The molecular weight excluding hydrogens is 426 g/mol. The van der Waals surface area contributed by atoms with Crippen LogP contribution in [0.4, 0.5) is 0 Å². The first-order chi connectivity index (χ1) is 15.6. The van der Waals surface area contributed by atoms with Gasteiger partial charge in [0.15, 0.2) is 0 Å². The second-order valence-corrected chi connectivity index (χ2v) is 9.05. The number of rotatable bonds is 5. The average molecular weight is 452 g/mol. The summed E-state index contributed by atoms with van der Waals surface area (Å²) in [6.07, 6.45) is 8.03. The molecule has 2 aliphatic heterocycles. The Hall–Kier alpha value is -2.83. The molecule has 1 aromatic heterocycles. The smallest absolute Gasteiger partial charge is 0.254 e. The van der Waals surface area contributed by atoms with Gasteiger partial charge in [-0.15, -0.1) is 0 Å². The molecule has 2 saturated heterocycles. The molecule has 0 unspecified atom stereocenters. The zero-order chi connectivity index (χ0) is 22.0. The molecule has 2 atom stereocenters. The molecule has 32 heavy (non-hydrogen) atoms. The van der Waals surface area contributed by atoms with E-state index in [1.807, 2.05) is 64.2 Å². The first-order valence-corrected chi connectivity index (χ1v) is 11.4. The third-order valence-electron chi connectivity index (χ3n) is 6.28. The zero-order valence-corrected chi connectivity index (χ0v) is 18.6. The van der Waals surface area contributed by atoms with Crippen LogP contribution in [0, 0.1) is 0 Å². The van der Waals surface area contributed by atoms with Gasteiger partial charge in [0.25, 0.3) is 5.91 Å². The van der Waals surface area contributed by atoms with Crippen molar-refractivity contribution in [2.24, 2.45) is 0 Å². The molecule has 0 radical (unpaired) electrons. The van der Waals surface area contributed by atoms with Crippen molar-refractivity contribution in [3.05, 3.63) is 83.4 Å². The molecular formula is C25H26ClN3O3. The van der Waals surface area contributed by atoms with Gasteiger partial charge in [0, 0.05) is 42.5 Å². The van der Waals surface area contributed by atoms with Gasteiger partial charge in [0.05, 0.1) is 25.1 Å². The van der Waals surface area contributed by atoms with Gasteiger partial charge in [-0.1, -0.05) is 29.8 Å². The molecule has 2 fully saturated rings. The number of amides is 1. The summed E-state index contributed by atoms with van der Waals surface area (Å²) in [6.45, 7) is 2.48. The van der Waals surface area contributed by atoms with Crippen LogP contribution in [-0.2, 0) is 11.3 Å². The SMILES string of the molecule is O=C(c1ccccc1Cn1ccnc1)N1CCC[C@]2(C[C@@H](Oc3ccc(Cl)cc3)CO2)C1. The topological polar surface area (TPSA) is 56.6 Å². The lowest BCUT2D eigenvalue weighted by molar-refractivity contribution is -0.0453. The number of imidazole rings is 1. The van der Waals surface area contributed by atoms with E-state index >= 15 is 0 Å². The molecule has 0 N–H and O–H groups in total. The van der Waals surface area contributed by atoms with E-state index in [4.69, 9.17) is 21.1 Å². The number of likely N-dealkylation sites (tertiary alicyclic amines) is 1. The maximum atomic E-state index is 13.5. The summed E-state index contributed by atoms with van der Waals surface area (Å²) in [5.74, 6) is 0.850. The van der Waals surface area contributed by atoms with E-state index in [0.717, 1.165) is 42.7 Å². The lowest BCUT2D eigenvalue weighted by Crippen LogP contribution is -2.50. The van der Waals surface area contributed by atoms with Gasteiger partial charge in [0.2, 0.25) is 0 Å². The number of nitrogens with zero attached hydrogens (tertiary/aromatic N) is 3. The van der Waals surface area contributed by atoms with Crippen LogP contribution in [0.2, 0.25) is 5.02 Å². The highest BCUT2D eigenvalue weighted by Crippen LogP contribution is 2.37. The van der Waals surface area contributed by atoms with Gasteiger partial charge >= 0.3 is 0 Å². The van der Waals surface area contributed by atoms with Crippen LogP contribution in [0.25, 0.3) is 0 Å². The van der Waals surface area contributed by atoms with Crippen molar-refractivity contribution in [2.75, 3.05) is 19.7 Å². The molecule has 3 aromatic rings. The van der Waals surface area contributed by atoms with Gasteiger partial charge in [-0.05, 0) is 48.7 Å². The van der Waals surface area contributed by atoms with Crippen LogP contribution < -0.4 is 4.74 Å². The van der Waals surface area contributed by atoms with Crippen LogP contribution in [0.1, 0.15) is 35.2 Å². The third-order valence-corrected chi connectivity index (χ3v) is 6.53. The number of carbonyl (C=O) groups excluding carboxylic acids is 1. The molecule has 166 valence electrons. The van der Waals surface area contributed by atoms with E-state index in [1.54, 1.807) is 12.5 Å². The minimum absolute atomic E-state index is 0.0280. The fourth-order valence-electron chi connectivity index (χ4n) is 4.75. The van der Waals surface area contributed by atoms with Crippen molar-refractivity contribution in [1.82, 2.24) is 14.5 Å². The molecule has 6 nitrogen and oxygen atoms in total. The largest absolute Gasteiger partial charge is 0.488 e. The number of aromatic nitrogens is 2. The quantitative estimate of drug-likeness (QED) is 0.576. The second-order valence-electron chi connectivity index (χ2n) is 8.61. The number of benzene rings is 2. The van der Waals surface area contributed by atoms with Crippen LogP contribution >= 0.6 is 11.6 Å². The number of hydrogen-bond donors (Lipinski definition) is 0. The van der Waals surface area contributed by atoms with Crippen LogP contribution in [0.15, 0.2) is 67.3 Å². The van der Waals surface area contributed by atoms with E-state index in [1.165, 1.54) is 0 Å². The second kappa shape index (κ2) is 8.96. The molecule has 0 saturated carbocycles. The predicted octanol–water partition coefficient (Wildman–Crippen LogP) is 4.43. The summed E-state index contributed by atoms with van der Waals surface area (Å²) < 4.78 is 14.4. The van der Waals surface area contributed by atoms with Crippen molar-refractivity contribution in [3.8, 4) is 5.75 Å². The van der Waals surface area contributed by atoms with Crippen LogP contribution in [0.3, 0.4) is 0 Å². The number of ether oxygens (including phenoxy) is 2. The summed E-state index contributed by atoms with van der Waals surface area (Å²) in [5, 5.41) is 0.686. The summed E-state index contributed by atoms with van der Waals surface area (Å²) in [5.41, 5.74) is 1.39. The van der Waals surface area contributed by atoms with Crippen molar-refractivity contribution >= 4 is 17.5 Å². The van der Waals surface area contributed by atoms with E-state index in [9.17, 15) is 4.79 Å². The summed E-state index contributed by atoms with van der Waals surface area (Å²) in [4.78, 5) is 19.5. The standard InChI is InChI=1S/C25H26ClN3O3/c26-20-6-8-21(9-7-20)32-22-14-25(31-16-22)10-3-12-29(17-25)24(30)23-5-2-1-4-19(23)15-28-13-11-27-18-28/h1-2,4-9,11,13,18,22H,3,10,12,14-17H2/t22-,25+/m1/s1. The predicted molar refractivity (Wildman–Crippen MR) is 122 cm³/mol. The zero-order valence-electron chi connectivity index (χ0n) is 17.8.